The van der Waals surface area contributed by atoms with E-state index in [0.29, 0.717) is 11.0 Å². The minimum atomic E-state index is -0.409. The molecule has 2 heterocycles. The van der Waals surface area contributed by atoms with Gasteiger partial charge in [0.25, 0.3) is 11.5 Å². The number of amides is 1. The molecule has 0 aliphatic rings. The van der Waals surface area contributed by atoms with Gasteiger partial charge in [0, 0.05) is 19.5 Å². The number of anilines is 1. The predicted molar refractivity (Wildman–Crippen MR) is 75.9 cm³/mol. The van der Waals surface area contributed by atoms with E-state index in [4.69, 9.17) is 0 Å². The molecule has 0 unspecified atom stereocenters. The fourth-order valence-corrected chi connectivity index (χ4v) is 2.47. The molecule has 0 saturated heterocycles. The molecule has 2 rings (SSSR count). The lowest BCUT2D eigenvalue weighted by atomic mass is 10.1. The molecule has 1 amide bonds. The third-order valence-corrected chi connectivity index (χ3v) is 3.32. The first-order valence-corrected chi connectivity index (χ1v) is 6.95. The number of aryl methyl sites for hydroxylation is 1. The Labute approximate surface area is 119 Å². The summed E-state index contributed by atoms with van der Waals surface area (Å²) in [5.41, 5.74) is -0.107. The van der Waals surface area contributed by atoms with Crippen LogP contribution in [0.1, 0.15) is 29.3 Å². The van der Waals surface area contributed by atoms with E-state index >= 15 is 0 Å². The average Bonchev–Trinajstić information content (AvgIpc) is 2.79. The molecular weight excluding hydrogens is 278 g/mol. The van der Waals surface area contributed by atoms with Crippen LogP contribution in [0.2, 0.25) is 0 Å². The second kappa shape index (κ2) is 5.91. The van der Waals surface area contributed by atoms with Gasteiger partial charge in [0.15, 0.2) is 0 Å². The van der Waals surface area contributed by atoms with Crippen molar-refractivity contribution in [2.75, 3.05) is 5.32 Å². The topological polar surface area (TPSA) is 89.8 Å². The maximum Gasteiger partial charge on any atom is 0.277 e. The predicted octanol–water partition coefficient (Wildman–Crippen LogP) is 1.08. The Balaban J connectivity index is 2.09. The Morgan fingerprint density at radius 3 is 2.80 bits per heavy atom. The number of carbonyl (C=O) groups is 1. The second-order valence-corrected chi connectivity index (χ2v) is 5.80. The Kier molecular flexibility index (Phi) is 4.23. The first-order valence-electron chi connectivity index (χ1n) is 6.14. The molecule has 20 heavy (non-hydrogen) atoms. The number of nitrogens with zero attached hydrogens (tertiary/aromatic N) is 4. The molecule has 0 fully saturated rings. The van der Waals surface area contributed by atoms with E-state index in [-0.39, 0.29) is 11.3 Å². The summed E-state index contributed by atoms with van der Waals surface area (Å²) >= 11 is 1.34. The van der Waals surface area contributed by atoms with Crippen LogP contribution >= 0.6 is 11.3 Å². The van der Waals surface area contributed by atoms with Crippen LogP contribution in [-0.4, -0.2) is 25.9 Å². The van der Waals surface area contributed by atoms with Gasteiger partial charge in [0.05, 0.1) is 0 Å². The van der Waals surface area contributed by atoms with Crippen LogP contribution in [0.15, 0.2) is 16.9 Å². The van der Waals surface area contributed by atoms with Crippen molar-refractivity contribution in [3.05, 3.63) is 33.2 Å². The summed E-state index contributed by atoms with van der Waals surface area (Å²) in [7, 11) is 1.49. The molecule has 106 valence electrons. The third kappa shape index (κ3) is 3.47. The van der Waals surface area contributed by atoms with Gasteiger partial charge in [-0.25, -0.2) is 4.68 Å². The quantitative estimate of drug-likeness (QED) is 0.911. The smallest absolute Gasteiger partial charge is 0.277 e. The summed E-state index contributed by atoms with van der Waals surface area (Å²) in [5.74, 6) is 0.0738. The van der Waals surface area contributed by atoms with E-state index in [0.717, 1.165) is 16.1 Å². The van der Waals surface area contributed by atoms with Crippen LogP contribution in [0, 0.1) is 5.92 Å². The molecule has 8 heteroatoms. The summed E-state index contributed by atoms with van der Waals surface area (Å²) in [4.78, 5) is 23.2. The van der Waals surface area contributed by atoms with Crippen molar-refractivity contribution < 1.29 is 4.79 Å². The van der Waals surface area contributed by atoms with Gasteiger partial charge in [0.2, 0.25) is 5.13 Å². The first kappa shape index (κ1) is 14.3. The van der Waals surface area contributed by atoms with Crippen LogP contribution in [0.25, 0.3) is 0 Å². The van der Waals surface area contributed by atoms with Gasteiger partial charge in [-0.15, -0.1) is 10.2 Å². The van der Waals surface area contributed by atoms with Crippen LogP contribution in [0.4, 0.5) is 5.13 Å². The number of rotatable bonds is 4. The monoisotopic (exact) mass is 293 g/mol. The van der Waals surface area contributed by atoms with Crippen LogP contribution < -0.4 is 10.9 Å². The van der Waals surface area contributed by atoms with Gasteiger partial charge < -0.3 is 0 Å². The molecule has 0 saturated carbocycles. The van der Waals surface area contributed by atoms with Crippen LogP contribution in [0.5, 0.6) is 0 Å². The summed E-state index contributed by atoms with van der Waals surface area (Å²) in [6, 6.07) is 2.68. The molecule has 0 radical (unpaired) electrons. The Morgan fingerprint density at radius 2 is 2.15 bits per heavy atom. The molecule has 0 spiro atoms. The first-order chi connectivity index (χ1) is 9.45. The maximum absolute atomic E-state index is 12.0. The van der Waals surface area contributed by atoms with Crippen molar-refractivity contribution in [1.29, 1.82) is 0 Å². The highest BCUT2D eigenvalue weighted by Crippen LogP contribution is 2.18. The zero-order valence-corrected chi connectivity index (χ0v) is 12.3. The highest BCUT2D eigenvalue weighted by atomic mass is 32.1. The number of aromatic nitrogens is 4. The molecule has 0 bridgehead atoms. The van der Waals surface area contributed by atoms with E-state index in [1.165, 1.54) is 30.5 Å². The maximum atomic E-state index is 12.0. The summed E-state index contributed by atoms with van der Waals surface area (Å²) in [6.07, 6.45) is 0.825. The van der Waals surface area contributed by atoms with E-state index in [9.17, 15) is 9.59 Å². The lowest BCUT2D eigenvalue weighted by Gasteiger charge is -2.01. The lowest BCUT2D eigenvalue weighted by molar-refractivity contribution is 0.102. The fraction of sp³-hybridized carbons (Fsp3) is 0.417. The molecule has 1 N–H and O–H groups in total. The largest absolute Gasteiger partial charge is 0.295 e. The number of nitrogens with one attached hydrogen (secondary N) is 1. The van der Waals surface area contributed by atoms with E-state index < -0.39 is 5.91 Å². The van der Waals surface area contributed by atoms with Gasteiger partial charge in [-0.1, -0.05) is 25.2 Å². The summed E-state index contributed by atoms with van der Waals surface area (Å²) in [6.45, 7) is 4.18. The number of hydrogen-bond donors (Lipinski definition) is 1. The van der Waals surface area contributed by atoms with E-state index in [1.54, 1.807) is 0 Å². The summed E-state index contributed by atoms with van der Waals surface area (Å²) in [5, 5.41) is 15.7. The Morgan fingerprint density at radius 1 is 1.40 bits per heavy atom. The van der Waals surface area contributed by atoms with Gasteiger partial charge in [-0.2, -0.15) is 5.10 Å². The van der Waals surface area contributed by atoms with Crippen LogP contribution in [-0.2, 0) is 13.5 Å². The molecule has 2 aromatic rings. The molecular formula is C12H15N5O2S. The minimum absolute atomic E-state index is 0.160. The molecule has 0 atom stereocenters. The second-order valence-electron chi connectivity index (χ2n) is 4.73. The SMILES string of the molecule is CC(C)Cc1nnc(NC(=O)c2ccc(=O)n(C)n2)s1. The normalized spacial score (nSPS) is 10.8. The Hall–Kier alpha value is -2.09. The number of carbonyl (C=O) groups excluding carboxylic acids is 1. The molecule has 2 aromatic heterocycles. The van der Waals surface area contributed by atoms with Gasteiger partial charge in [-0.05, 0) is 12.0 Å². The zero-order valence-electron chi connectivity index (χ0n) is 11.5. The average molecular weight is 293 g/mol. The van der Waals surface area contributed by atoms with E-state index in [1.807, 2.05) is 0 Å². The minimum Gasteiger partial charge on any atom is -0.295 e. The standard InChI is InChI=1S/C12H15N5O2S/c1-7(2)6-9-14-15-12(20-9)13-11(19)8-4-5-10(18)17(3)16-8/h4-5,7H,6H2,1-3H3,(H,13,15,19). The van der Waals surface area contributed by atoms with Gasteiger partial charge in [0.1, 0.15) is 10.7 Å². The third-order valence-electron chi connectivity index (χ3n) is 2.46. The van der Waals surface area contributed by atoms with Gasteiger partial charge in [-0.3, -0.25) is 14.9 Å². The van der Waals surface area contributed by atoms with Crippen molar-refractivity contribution in [2.45, 2.75) is 20.3 Å². The van der Waals surface area contributed by atoms with Crippen molar-refractivity contribution in [3.63, 3.8) is 0 Å². The van der Waals surface area contributed by atoms with Gasteiger partial charge >= 0.3 is 0 Å². The molecule has 0 aliphatic carbocycles. The highest BCUT2D eigenvalue weighted by Gasteiger charge is 2.12. The molecule has 0 aromatic carbocycles. The molecule has 0 aliphatic heterocycles. The molecule has 7 nitrogen and oxygen atoms in total. The fourth-order valence-electron chi connectivity index (χ4n) is 1.52. The van der Waals surface area contributed by atoms with Crippen molar-refractivity contribution >= 4 is 22.4 Å². The summed E-state index contributed by atoms with van der Waals surface area (Å²) < 4.78 is 1.11. The highest BCUT2D eigenvalue weighted by molar-refractivity contribution is 7.15. The van der Waals surface area contributed by atoms with Crippen molar-refractivity contribution in [2.24, 2.45) is 13.0 Å². The number of hydrogen-bond acceptors (Lipinski definition) is 6. The van der Waals surface area contributed by atoms with Crippen molar-refractivity contribution in [3.8, 4) is 0 Å². The lowest BCUT2D eigenvalue weighted by Crippen LogP contribution is -2.23. The Bertz CT molecular complexity index is 676. The zero-order chi connectivity index (χ0) is 14.7. The van der Waals surface area contributed by atoms with Crippen molar-refractivity contribution in [1.82, 2.24) is 20.0 Å². The van der Waals surface area contributed by atoms with E-state index in [2.05, 4.69) is 34.5 Å². The van der Waals surface area contributed by atoms with Crippen LogP contribution in [0.3, 0.4) is 0 Å².